The molecule has 0 aliphatic heterocycles. The van der Waals surface area contributed by atoms with Crippen molar-refractivity contribution < 1.29 is 5.11 Å². The molecule has 140 valence electrons. The first-order chi connectivity index (χ1) is 12.2. The molecule has 1 heteroatoms. The molecule has 0 spiro atoms. The van der Waals surface area contributed by atoms with Gasteiger partial charge in [-0.05, 0) is 36.0 Å². The van der Waals surface area contributed by atoms with Gasteiger partial charge in [0.2, 0.25) is 0 Å². The molecule has 0 bridgehead atoms. The molecule has 0 aromatic heterocycles. The molecule has 0 aromatic carbocycles. The highest BCUT2D eigenvalue weighted by Gasteiger charge is 2.02. The summed E-state index contributed by atoms with van der Waals surface area (Å²) >= 11 is 0. The fourth-order valence-corrected chi connectivity index (χ4v) is 2.50. The van der Waals surface area contributed by atoms with Crippen LogP contribution in [0.25, 0.3) is 0 Å². The van der Waals surface area contributed by atoms with Crippen LogP contribution in [0.5, 0.6) is 0 Å². The van der Waals surface area contributed by atoms with Crippen molar-refractivity contribution in [3.8, 4) is 35.5 Å². The van der Waals surface area contributed by atoms with Crippen LogP contribution in [-0.4, -0.2) is 11.2 Å². The summed E-state index contributed by atoms with van der Waals surface area (Å²) in [4.78, 5) is 0. The minimum absolute atomic E-state index is 0.145. The highest BCUT2D eigenvalue weighted by atomic mass is 16.3. The van der Waals surface area contributed by atoms with E-state index in [-0.39, 0.29) is 5.92 Å². The van der Waals surface area contributed by atoms with E-state index in [0.717, 1.165) is 6.42 Å². The van der Waals surface area contributed by atoms with Gasteiger partial charge in [0.05, 0.1) is 0 Å². The molecule has 0 aliphatic carbocycles. The number of unbranched alkanes of at least 4 members (excludes halogenated alkanes) is 12. The first-order valence-electron chi connectivity index (χ1n) is 10.3. The molecule has 0 saturated heterocycles. The summed E-state index contributed by atoms with van der Waals surface area (Å²) in [7, 11) is 0. The minimum Gasteiger partial charge on any atom is -0.380 e. The zero-order valence-electron chi connectivity index (χ0n) is 16.8. The molecule has 0 unspecified atom stereocenters. The molecule has 0 saturated carbocycles. The molecule has 0 fully saturated rings. The Balaban J connectivity index is 3.40. The Kier molecular flexibility index (Phi) is 17.9. The normalized spacial score (nSPS) is 10.9. The average Bonchev–Trinajstić information content (AvgIpc) is 2.60. The van der Waals surface area contributed by atoms with Crippen LogP contribution in [-0.2, 0) is 0 Å². The second kappa shape index (κ2) is 19.0. The van der Waals surface area contributed by atoms with Gasteiger partial charge in [-0.15, -0.1) is 0 Å². The SMILES string of the molecule is CCCCCCCCCCCCCCC#CC#CC#C[C@H](O)C(C)C. The van der Waals surface area contributed by atoms with E-state index in [1.807, 2.05) is 13.8 Å². The van der Waals surface area contributed by atoms with Crippen LogP contribution in [0, 0.1) is 41.4 Å². The van der Waals surface area contributed by atoms with Crippen molar-refractivity contribution in [1.82, 2.24) is 0 Å². The number of hydrogen-bond donors (Lipinski definition) is 1. The molecule has 0 radical (unpaired) electrons. The summed E-state index contributed by atoms with van der Waals surface area (Å²) in [6.45, 7) is 6.14. The largest absolute Gasteiger partial charge is 0.380 e. The molecule has 25 heavy (non-hydrogen) atoms. The average molecular weight is 343 g/mol. The van der Waals surface area contributed by atoms with Crippen molar-refractivity contribution >= 4 is 0 Å². The number of rotatable bonds is 13. The van der Waals surface area contributed by atoms with Crippen molar-refractivity contribution in [3.63, 3.8) is 0 Å². The van der Waals surface area contributed by atoms with Crippen molar-refractivity contribution in [2.24, 2.45) is 5.92 Å². The second-order valence-electron chi connectivity index (χ2n) is 7.15. The minimum atomic E-state index is -0.594. The first-order valence-corrected chi connectivity index (χ1v) is 10.3. The van der Waals surface area contributed by atoms with Gasteiger partial charge in [0.1, 0.15) is 6.10 Å². The Labute approximate surface area is 157 Å². The summed E-state index contributed by atoms with van der Waals surface area (Å²) in [6, 6.07) is 0. The van der Waals surface area contributed by atoms with E-state index >= 15 is 0 Å². The van der Waals surface area contributed by atoms with E-state index in [1.165, 1.54) is 77.0 Å². The van der Waals surface area contributed by atoms with Gasteiger partial charge in [-0.25, -0.2) is 0 Å². The monoisotopic (exact) mass is 342 g/mol. The number of hydrogen-bond acceptors (Lipinski definition) is 1. The van der Waals surface area contributed by atoms with Gasteiger partial charge < -0.3 is 5.11 Å². The third-order valence-corrected chi connectivity index (χ3v) is 4.28. The maximum Gasteiger partial charge on any atom is 0.118 e. The highest BCUT2D eigenvalue weighted by molar-refractivity contribution is 5.36. The Bertz CT molecular complexity index is 469. The molecule has 1 atom stereocenters. The van der Waals surface area contributed by atoms with Gasteiger partial charge >= 0.3 is 0 Å². The number of aliphatic hydroxyl groups excluding tert-OH is 1. The van der Waals surface area contributed by atoms with Crippen molar-refractivity contribution in [1.29, 1.82) is 0 Å². The van der Waals surface area contributed by atoms with E-state index in [9.17, 15) is 5.11 Å². The Hall–Kier alpha value is -1.36. The van der Waals surface area contributed by atoms with Gasteiger partial charge in [0, 0.05) is 6.42 Å². The molecule has 0 rings (SSSR count). The third kappa shape index (κ3) is 18.8. The van der Waals surface area contributed by atoms with Gasteiger partial charge in [-0.3, -0.25) is 0 Å². The summed E-state index contributed by atoms with van der Waals surface area (Å²) < 4.78 is 0. The molecule has 1 nitrogen and oxygen atoms in total. The smallest absolute Gasteiger partial charge is 0.118 e. The van der Waals surface area contributed by atoms with E-state index < -0.39 is 6.10 Å². The molecular formula is C24H38O. The summed E-state index contributed by atoms with van der Waals surface area (Å²) in [5.74, 6) is 16.8. The summed E-state index contributed by atoms with van der Waals surface area (Å²) in [5.41, 5.74) is 0. The van der Waals surface area contributed by atoms with E-state index in [4.69, 9.17) is 0 Å². The van der Waals surface area contributed by atoms with Crippen LogP contribution >= 0.6 is 0 Å². The predicted octanol–water partition coefficient (Wildman–Crippen LogP) is 6.10. The maximum absolute atomic E-state index is 9.48. The number of aliphatic hydroxyl groups is 1. The van der Waals surface area contributed by atoms with Crippen LogP contribution in [0.2, 0.25) is 0 Å². The van der Waals surface area contributed by atoms with Gasteiger partial charge in [-0.1, -0.05) is 103 Å². The third-order valence-electron chi connectivity index (χ3n) is 4.28. The van der Waals surface area contributed by atoms with Crippen LogP contribution in [0.3, 0.4) is 0 Å². The van der Waals surface area contributed by atoms with Crippen LogP contribution in [0.4, 0.5) is 0 Å². The second-order valence-corrected chi connectivity index (χ2v) is 7.15. The molecular weight excluding hydrogens is 304 g/mol. The molecule has 0 aromatic rings. The zero-order valence-corrected chi connectivity index (χ0v) is 16.8. The van der Waals surface area contributed by atoms with Gasteiger partial charge in [0.25, 0.3) is 0 Å². The van der Waals surface area contributed by atoms with E-state index in [2.05, 4.69) is 42.4 Å². The lowest BCUT2D eigenvalue weighted by molar-refractivity contribution is 0.181. The molecule has 0 amide bonds. The van der Waals surface area contributed by atoms with Crippen LogP contribution in [0.15, 0.2) is 0 Å². The summed E-state index contributed by atoms with van der Waals surface area (Å²) in [5, 5.41) is 9.48. The predicted molar refractivity (Wildman–Crippen MR) is 110 cm³/mol. The molecule has 0 heterocycles. The topological polar surface area (TPSA) is 20.2 Å². The van der Waals surface area contributed by atoms with Gasteiger partial charge in [-0.2, -0.15) is 0 Å². The lowest BCUT2D eigenvalue weighted by Gasteiger charge is -2.04. The van der Waals surface area contributed by atoms with E-state index in [1.54, 1.807) is 0 Å². The van der Waals surface area contributed by atoms with Crippen molar-refractivity contribution in [3.05, 3.63) is 0 Å². The van der Waals surface area contributed by atoms with E-state index in [0.29, 0.717) is 0 Å². The zero-order chi connectivity index (χ0) is 18.6. The van der Waals surface area contributed by atoms with Crippen LogP contribution < -0.4 is 0 Å². The van der Waals surface area contributed by atoms with Gasteiger partial charge in [0.15, 0.2) is 0 Å². The van der Waals surface area contributed by atoms with Crippen molar-refractivity contribution in [2.45, 2.75) is 110 Å². The first kappa shape index (κ1) is 23.6. The fraction of sp³-hybridized carbons (Fsp3) is 0.750. The Morgan fingerprint density at radius 3 is 1.64 bits per heavy atom. The summed E-state index contributed by atoms with van der Waals surface area (Å²) in [6.07, 6.45) is 16.7. The molecule has 0 aliphatic rings. The fourth-order valence-electron chi connectivity index (χ4n) is 2.50. The Morgan fingerprint density at radius 1 is 0.640 bits per heavy atom. The maximum atomic E-state index is 9.48. The lowest BCUT2D eigenvalue weighted by atomic mass is 10.0. The van der Waals surface area contributed by atoms with Crippen molar-refractivity contribution in [2.75, 3.05) is 0 Å². The standard InChI is InChI=1S/C24H38O/c1-4-5-6-7-8-9-10-11-12-13-14-15-16-17-18-19-20-21-22-24(25)23(2)3/h23-25H,4-16H2,1-3H3/t24-/m0/s1. The molecule has 1 N–H and O–H groups in total. The Morgan fingerprint density at radius 2 is 1.12 bits per heavy atom. The lowest BCUT2D eigenvalue weighted by Crippen LogP contribution is -2.10. The highest BCUT2D eigenvalue weighted by Crippen LogP contribution is 2.12. The van der Waals surface area contributed by atoms with Crippen LogP contribution in [0.1, 0.15) is 104 Å². The quantitative estimate of drug-likeness (QED) is 0.316.